The van der Waals surface area contributed by atoms with E-state index < -0.39 is 0 Å². The van der Waals surface area contributed by atoms with Crippen LogP contribution >= 0.6 is 0 Å². The van der Waals surface area contributed by atoms with Gasteiger partial charge in [-0.25, -0.2) is 4.98 Å². The number of hydrogen-bond acceptors (Lipinski definition) is 5. The topological polar surface area (TPSA) is 85.9 Å². The van der Waals surface area contributed by atoms with E-state index in [2.05, 4.69) is 15.0 Å². The minimum atomic E-state index is 0.0129. The van der Waals surface area contributed by atoms with Gasteiger partial charge in [-0.2, -0.15) is 0 Å². The minimum absolute atomic E-state index is 0.0129. The van der Waals surface area contributed by atoms with Gasteiger partial charge in [0.25, 0.3) is 5.56 Å². The number of piperidine rings is 1. The third kappa shape index (κ3) is 3.32. The first-order valence-corrected chi connectivity index (χ1v) is 10.3. The van der Waals surface area contributed by atoms with Gasteiger partial charge < -0.3 is 14.0 Å². The summed E-state index contributed by atoms with van der Waals surface area (Å²) in [5.41, 5.74) is 2.50. The first kappa shape index (κ1) is 18.7. The molecular formula is C22H24N6O2. The van der Waals surface area contributed by atoms with E-state index in [4.69, 9.17) is 0 Å². The molecule has 0 aromatic carbocycles. The summed E-state index contributed by atoms with van der Waals surface area (Å²) in [7, 11) is 1.89. The van der Waals surface area contributed by atoms with Gasteiger partial charge in [0.15, 0.2) is 0 Å². The van der Waals surface area contributed by atoms with Crippen molar-refractivity contribution < 1.29 is 4.79 Å². The first-order valence-electron chi connectivity index (χ1n) is 10.3. The fraction of sp³-hybridized carbons (Fsp3) is 0.409. The highest BCUT2D eigenvalue weighted by atomic mass is 16.2. The second-order valence-electron chi connectivity index (χ2n) is 8.24. The zero-order valence-electron chi connectivity index (χ0n) is 16.9. The third-order valence-corrected chi connectivity index (χ3v) is 6.23. The van der Waals surface area contributed by atoms with Crippen molar-refractivity contribution in [3.63, 3.8) is 0 Å². The van der Waals surface area contributed by atoms with E-state index in [-0.39, 0.29) is 17.4 Å². The lowest BCUT2D eigenvalue weighted by Crippen LogP contribution is -2.49. The van der Waals surface area contributed by atoms with Gasteiger partial charge in [0, 0.05) is 75.7 Å². The molecule has 5 heterocycles. The molecule has 5 rings (SSSR count). The van der Waals surface area contributed by atoms with Gasteiger partial charge in [-0.3, -0.25) is 19.6 Å². The van der Waals surface area contributed by atoms with Crippen molar-refractivity contribution in [1.29, 1.82) is 0 Å². The van der Waals surface area contributed by atoms with E-state index in [9.17, 15) is 9.59 Å². The summed E-state index contributed by atoms with van der Waals surface area (Å²) in [4.78, 5) is 40.6. The number of carbonyl (C=O) groups is 1. The van der Waals surface area contributed by atoms with E-state index in [1.54, 1.807) is 24.8 Å². The highest BCUT2D eigenvalue weighted by molar-refractivity contribution is 5.76. The molecule has 0 aliphatic carbocycles. The lowest BCUT2D eigenvalue weighted by Gasteiger charge is -2.43. The van der Waals surface area contributed by atoms with Crippen LogP contribution < -0.4 is 5.56 Å². The van der Waals surface area contributed by atoms with Crippen molar-refractivity contribution in [3.8, 4) is 11.4 Å². The summed E-state index contributed by atoms with van der Waals surface area (Å²) in [6.07, 6.45) is 10.6. The number of aryl methyl sites for hydroxylation is 2. The predicted molar refractivity (Wildman–Crippen MR) is 111 cm³/mol. The zero-order chi connectivity index (χ0) is 20.7. The Morgan fingerprint density at radius 1 is 1.13 bits per heavy atom. The number of nitrogens with zero attached hydrogens (tertiary/aromatic N) is 6. The van der Waals surface area contributed by atoms with Gasteiger partial charge in [0.2, 0.25) is 5.91 Å². The smallest absolute Gasteiger partial charge is 0.261 e. The van der Waals surface area contributed by atoms with Crippen molar-refractivity contribution in [3.05, 3.63) is 64.9 Å². The van der Waals surface area contributed by atoms with E-state index in [1.807, 2.05) is 39.4 Å². The van der Waals surface area contributed by atoms with Crippen molar-refractivity contribution in [2.75, 3.05) is 13.1 Å². The minimum Gasteiger partial charge on any atom is -0.342 e. The molecule has 2 bridgehead atoms. The molecule has 30 heavy (non-hydrogen) atoms. The monoisotopic (exact) mass is 404 g/mol. The summed E-state index contributed by atoms with van der Waals surface area (Å²) in [6.45, 7) is 2.02. The number of hydrogen-bond donors (Lipinski definition) is 0. The Balaban J connectivity index is 1.35. The van der Waals surface area contributed by atoms with Gasteiger partial charge in [-0.05, 0) is 30.9 Å². The second kappa shape index (κ2) is 7.51. The molecule has 0 radical (unpaired) electrons. The van der Waals surface area contributed by atoms with Crippen molar-refractivity contribution in [2.45, 2.75) is 31.7 Å². The molecular weight excluding hydrogens is 380 g/mol. The Morgan fingerprint density at radius 3 is 2.80 bits per heavy atom. The van der Waals surface area contributed by atoms with Crippen LogP contribution in [-0.4, -0.2) is 48.0 Å². The molecule has 0 unspecified atom stereocenters. The lowest BCUT2D eigenvalue weighted by atomic mass is 9.82. The van der Waals surface area contributed by atoms with Crippen LogP contribution in [0, 0.1) is 5.92 Å². The molecule has 1 amide bonds. The molecule has 1 fully saturated rings. The van der Waals surface area contributed by atoms with E-state index in [0.717, 1.165) is 17.8 Å². The van der Waals surface area contributed by atoms with Crippen LogP contribution in [0.3, 0.4) is 0 Å². The van der Waals surface area contributed by atoms with Crippen LogP contribution in [0.5, 0.6) is 0 Å². The molecule has 1 saturated heterocycles. The molecule has 2 aliphatic heterocycles. The Labute approximate surface area is 174 Å². The van der Waals surface area contributed by atoms with E-state index in [0.29, 0.717) is 49.8 Å². The maximum atomic E-state index is 13.2. The molecule has 3 aromatic rings. The molecule has 2 atom stereocenters. The van der Waals surface area contributed by atoms with E-state index in [1.165, 1.54) is 0 Å². The Morgan fingerprint density at radius 2 is 2.03 bits per heavy atom. The van der Waals surface area contributed by atoms with Gasteiger partial charge in [-0.1, -0.05) is 0 Å². The standard InChI is InChI=1S/C22H24N6O2/c1-26-9-8-25-21(26)18-3-4-19-16-10-15(13-28(19)22(18)30)12-27(14-16)20(29)5-2-17-11-23-6-7-24-17/h3-4,6-9,11,15-16H,2,5,10,12-14H2,1H3/t15-,16+/m0/s1. The molecule has 154 valence electrons. The van der Waals surface area contributed by atoms with Crippen LogP contribution in [-0.2, 0) is 24.8 Å². The van der Waals surface area contributed by atoms with Gasteiger partial charge in [-0.15, -0.1) is 0 Å². The van der Waals surface area contributed by atoms with Crippen LogP contribution in [0.15, 0.2) is 47.9 Å². The van der Waals surface area contributed by atoms with Gasteiger partial charge >= 0.3 is 0 Å². The maximum absolute atomic E-state index is 13.2. The van der Waals surface area contributed by atoms with Gasteiger partial charge in [0.05, 0.1) is 11.3 Å². The molecule has 0 saturated carbocycles. The largest absolute Gasteiger partial charge is 0.342 e. The number of imidazole rings is 1. The normalized spacial score (nSPS) is 20.1. The molecule has 0 spiro atoms. The molecule has 2 aliphatic rings. The maximum Gasteiger partial charge on any atom is 0.261 e. The number of aromatic nitrogens is 5. The summed E-state index contributed by atoms with van der Waals surface area (Å²) >= 11 is 0. The Hall–Kier alpha value is -3.29. The molecule has 8 heteroatoms. The Kier molecular flexibility index (Phi) is 4.69. The summed E-state index contributed by atoms with van der Waals surface area (Å²) in [5.74, 6) is 1.33. The van der Waals surface area contributed by atoms with Crippen LogP contribution in [0.2, 0.25) is 0 Å². The Bertz CT molecular complexity index is 1140. The van der Waals surface area contributed by atoms with Crippen molar-refractivity contribution in [1.82, 2.24) is 29.0 Å². The van der Waals surface area contributed by atoms with Crippen LogP contribution in [0.4, 0.5) is 0 Å². The number of carbonyl (C=O) groups excluding carboxylic acids is 1. The van der Waals surface area contributed by atoms with Crippen molar-refractivity contribution in [2.24, 2.45) is 13.0 Å². The second-order valence-corrected chi connectivity index (χ2v) is 8.24. The number of amides is 1. The van der Waals surface area contributed by atoms with Crippen molar-refractivity contribution >= 4 is 5.91 Å². The average molecular weight is 404 g/mol. The summed E-state index contributed by atoms with van der Waals surface area (Å²) in [6, 6.07) is 3.92. The predicted octanol–water partition coefficient (Wildman–Crippen LogP) is 1.62. The number of rotatable bonds is 4. The average Bonchev–Trinajstić information content (AvgIpc) is 3.19. The highest BCUT2D eigenvalue weighted by Gasteiger charge is 2.36. The molecule has 0 N–H and O–H groups in total. The zero-order valence-corrected chi connectivity index (χ0v) is 16.9. The SMILES string of the molecule is Cn1ccnc1-c1ccc2n(c1=O)C[C@H]1C[C@@H]2CN(C(=O)CCc2cnccn2)C1. The quantitative estimate of drug-likeness (QED) is 0.660. The number of fused-ring (bicyclic) bond motifs is 4. The fourth-order valence-corrected chi connectivity index (χ4v) is 4.80. The third-order valence-electron chi connectivity index (χ3n) is 6.23. The lowest BCUT2D eigenvalue weighted by molar-refractivity contribution is -0.133. The van der Waals surface area contributed by atoms with Crippen LogP contribution in [0.25, 0.3) is 11.4 Å². The number of pyridine rings is 1. The van der Waals surface area contributed by atoms with Crippen LogP contribution in [0.1, 0.15) is 30.1 Å². The van der Waals surface area contributed by atoms with E-state index >= 15 is 0 Å². The molecule has 3 aromatic heterocycles. The molecule has 8 nitrogen and oxygen atoms in total. The summed E-state index contributed by atoms with van der Waals surface area (Å²) < 4.78 is 3.77. The summed E-state index contributed by atoms with van der Waals surface area (Å²) in [5, 5.41) is 0. The highest BCUT2D eigenvalue weighted by Crippen LogP contribution is 2.36. The number of likely N-dealkylation sites (tertiary alicyclic amines) is 1. The fourth-order valence-electron chi connectivity index (χ4n) is 4.80. The first-order chi connectivity index (χ1) is 14.6. The van der Waals surface area contributed by atoms with Gasteiger partial charge in [0.1, 0.15) is 5.82 Å².